The van der Waals surface area contributed by atoms with E-state index in [1.165, 1.54) is 23.5 Å². The minimum absolute atomic E-state index is 0.0170. The van der Waals surface area contributed by atoms with E-state index < -0.39 is 15.8 Å². The van der Waals surface area contributed by atoms with Crippen LogP contribution < -0.4 is 5.32 Å². The van der Waals surface area contributed by atoms with Crippen LogP contribution in [0.2, 0.25) is 0 Å². The fourth-order valence-corrected chi connectivity index (χ4v) is 4.14. The first-order valence-electron chi connectivity index (χ1n) is 9.43. The number of para-hydroxylation sites is 1. The molecule has 0 saturated carbocycles. The number of amides is 1. The van der Waals surface area contributed by atoms with Crippen molar-refractivity contribution in [2.45, 2.75) is 24.3 Å². The number of halogens is 1. The van der Waals surface area contributed by atoms with Gasteiger partial charge in [-0.15, -0.1) is 0 Å². The van der Waals surface area contributed by atoms with Crippen LogP contribution in [0.5, 0.6) is 0 Å². The molecule has 0 aliphatic rings. The summed E-state index contributed by atoms with van der Waals surface area (Å²) in [4.78, 5) is 12.4. The van der Waals surface area contributed by atoms with Gasteiger partial charge in [-0.2, -0.15) is 5.10 Å². The molecule has 0 aliphatic carbocycles. The molecule has 0 radical (unpaired) electrons. The minimum atomic E-state index is -3.72. The van der Waals surface area contributed by atoms with E-state index in [1.807, 2.05) is 36.5 Å². The predicted octanol–water partition coefficient (Wildman–Crippen LogP) is 3.11. The third-order valence-electron chi connectivity index (χ3n) is 4.58. The van der Waals surface area contributed by atoms with Crippen LogP contribution in [0.25, 0.3) is 0 Å². The number of carbonyl (C=O) groups is 1. The maximum Gasteiger partial charge on any atom is 0.242 e. The van der Waals surface area contributed by atoms with Gasteiger partial charge in [-0.1, -0.05) is 18.2 Å². The minimum Gasteiger partial charge on any atom is -0.326 e. The van der Waals surface area contributed by atoms with Crippen molar-refractivity contribution >= 4 is 21.6 Å². The summed E-state index contributed by atoms with van der Waals surface area (Å²) in [7, 11) is -2.28. The lowest BCUT2D eigenvalue weighted by atomic mass is 10.1. The number of nitrogens with zero attached hydrogens (tertiary/aromatic N) is 3. The Balaban J connectivity index is 1.53. The fourth-order valence-electron chi connectivity index (χ4n) is 2.93. The number of aromatic nitrogens is 2. The molecule has 7 nitrogen and oxygen atoms in total. The molecule has 0 spiro atoms. The second-order valence-corrected chi connectivity index (χ2v) is 8.84. The summed E-state index contributed by atoms with van der Waals surface area (Å²) in [6.07, 6.45) is 4.05. The first-order chi connectivity index (χ1) is 14.4. The van der Waals surface area contributed by atoms with Crippen LogP contribution in [-0.4, -0.2) is 42.0 Å². The number of benzene rings is 2. The molecule has 0 atom stereocenters. The lowest BCUT2D eigenvalue weighted by Crippen LogP contribution is -2.28. The number of hydrogen-bond acceptors (Lipinski definition) is 4. The molecule has 0 aliphatic heterocycles. The Labute approximate surface area is 175 Å². The van der Waals surface area contributed by atoms with Gasteiger partial charge in [0.2, 0.25) is 15.9 Å². The van der Waals surface area contributed by atoms with Gasteiger partial charge in [0, 0.05) is 38.1 Å². The van der Waals surface area contributed by atoms with Crippen LogP contribution in [0.15, 0.2) is 71.9 Å². The summed E-state index contributed by atoms with van der Waals surface area (Å²) >= 11 is 0. The molecule has 1 amide bonds. The molecule has 0 fully saturated rings. The van der Waals surface area contributed by atoms with Crippen molar-refractivity contribution in [1.29, 1.82) is 0 Å². The van der Waals surface area contributed by atoms with E-state index in [2.05, 4.69) is 10.4 Å². The van der Waals surface area contributed by atoms with Gasteiger partial charge in [0.15, 0.2) is 0 Å². The van der Waals surface area contributed by atoms with Gasteiger partial charge in [0.25, 0.3) is 0 Å². The molecule has 1 N–H and O–H groups in total. The van der Waals surface area contributed by atoms with Gasteiger partial charge in [-0.05, 0) is 48.4 Å². The Kier molecular flexibility index (Phi) is 6.96. The van der Waals surface area contributed by atoms with Gasteiger partial charge in [-0.25, -0.2) is 17.1 Å². The van der Waals surface area contributed by atoms with E-state index in [9.17, 15) is 17.6 Å². The Morgan fingerprint density at radius 1 is 1.13 bits per heavy atom. The van der Waals surface area contributed by atoms with Crippen molar-refractivity contribution in [2.75, 3.05) is 18.9 Å². The maximum atomic E-state index is 13.0. The first kappa shape index (κ1) is 21.7. The average molecular weight is 431 g/mol. The van der Waals surface area contributed by atoms with E-state index in [0.29, 0.717) is 18.7 Å². The summed E-state index contributed by atoms with van der Waals surface area (Å²) in [5.41, 5.74) is 1.62. The standard InChI is InChI=1S/C21H23FN4O3S/c1-25(30(28,29)19-11-9-18(22)10-12-19)14-4-8-21(27)24-20-7-3-2-6-17(20)16-26-15-5-13-23-26/h2-3,5-7,9-13,15H,4,8,14,16H2,1H3,(H,24,27). The number of sulfonamides is 1. The lowest BCUT2D eigenvalue weighted by molar-refractivity contribution is -0.116. The molecule has 3 aromatic rings. The summed E-state index contributed by atoms with van der Waals surface area (Å²) in [6, 6.07) is 14.0. The SMILES string of the molecule is CN(CCCC(=O)Nc1ccccc1Cn1cccn1)S(=O)(=O)c1ccc(F)cc1. The molecular weight excluding hydrogens is 407 g/mol. The Morgan fingerprint density at radius 2 is 1.87 bits per heavy atom. The molecule has 9 heteroatoms. The van der Waals surface area contributed by atoms with Crippen LogP contribution in [0, 0.1) is 5.82 Å². The molecule has 1 heterocycles. The normalized spacial score (nSPS) is 11.6. The van der Waals surface area contributed by atoms with Crippen molar-refractivity contribution in [3.63, 3.8) is 0 Å². The van der Waals surface area contributed by atoms with Crippen LogP contribution >= 0.6 is 0 Å². The van der Waals surface area contributed by atoms with Crippen molar-refractivity contribution < 1.29 is 17.6 Å². The molecular formula is C21H23FN4O3S. The topological polar surface area (TPSA) is 84.3 Å². The highest BCUT2D eigenvalue weighted by Crippen LogP contribution is 2.18. The molecule has 0 bridgehead atoms. The van der Waals surface area contributed by atoms with E-state index >= 15 is 0 Å². The zero-order valence-corrected chi connectivity index (χ0v) is 17.3. The van der Waals surface area contributed by atoms with Gasteiger partial charge in [0.1, 0.15) is 5.82 Å². The monoisotopic (exact) mass is 430 g/mol. The second kappa shape index (κ2) is 9.64. The van der Waals surface area contributed by atoms with Gasteiger partial charge in [-0.3, -0.25) is 9.48 Å². The molecule has 30 heavy (non-hydrogen) atoms. The molecule has 3 rings (SSSR count). The highest BCUT2D eigenvalue weighted by atomic mass is 32.2. The second-order valence-electron chi connectivity index (χ2n) is 6.79. The average Bonchev–Trinajstić information content (AvgIpc) is 3.23. The maximum absolute atomic E-state index is 13.0. The van der Waals surface area contributed by atoms with Crippen LogP contribution in [0.4, 0.5) is 10.1 Å². The molecule has 1 aromatic heterocycles. The van der Waals surface area contributed by atoms with Crippen LogP contribution in [-0.2, 0) is 21.4 Å². The smallest absolute Gasteiger partial charge is 0.242 e. The Bertz CT molecular complexity index is 1080. The van der Waals surface area contributed by atoms with Crippen molar-refractivity contribution in [3.05, 3.63) is 78.4 Å². The first-order valence-corrected chi connectivity index (χ1v) is 10.9. The van der Waals surface area contributed by atoms with E-state index in [-0.39, 0.29) is 23.8 Å². The van der Waals surface area contributed by atoms with Gasteiger partial charge >= 0.3 is 0 Å². The van der Waals surface area contributed by atoms with Gasteiger partial charge < -0.3 is 5.32 Å². The highest BCUT2D eigenvalue weighted by Gasteiger charge is 2.20. The van der Waals surface area contributed by atoms with Crippen molar-refractivity contribution in [2.24, 2.45) is 0 Å². The number of nitrogens with one attached hydrogen (secondary N) is 1. The summed E-state index contributed by atoms with van der Waals surface area (Å²) in [5.74, 6) is -0.698. The molecule has 0 saturated heterocycles. The zero-order valence-electron chi connectivity index (χ0n) is 16.5. The zero-order chi connectivity index (χ0) is 21.6. The third kappa shape index (κ3) is 5.52. The Morgan fingerprint density at radius 3 is 2.57 bits per heavy atom. The summed E-state index contributed by atoms with van der Waals surface area (Å²) in [6.45, 7) is 0.699. The Hall–Kier alpha value is -3.04. The van der Waals surface area contributed by atoms with Gasteiger partial charge in [0.05, 0.1) is 11.4 Å². The van der Waals surface area contributed by atoms with Crippen molar-refractivity contribution in [3.8, 4) is 0 Å². The number of anilines is 1. The molecule has 2 aromatic carbocycles. The van der Waals surface area contributed by atoms with Crippen LogP contribution in [0.1, 0.15) is 18.4 Å². The summed E-state index contributed by atoms with van der Waals surface area (Å²) < 4.78 is 41.0. The van der Waals surface area contributed by atoms with E-state index in [1.54, 1.807) is 10.9 Å². The van der Waals surface area contributed by atoms with Crippen molar-refractivity contribution in [1.82, 2.24) is 14.1 Å². The molecule has 0 unspecified atom stereocenters. The highest BCUT2D eigenvalue weighted by molar-refractivity contribution is 7.89. The third-order valence-corrected chi connectivity index (χ3v) is 6.45. The quantitative estimate of drug-likeness (QED) is 0.565. The largest absolute Gasteiger partial charge is 0.326 e. The fraction of sp³-hybridized carbons (Fsp3) is 0.238. The van der Waals surface area contributed by atoms with Crippen LogP contribution in [0.3, 0.4) is 0 Å². The molecule has 158 valence electrons. The number of carbonyl (C=O) groups excluding carboxylic acids is 1. The number of hydrogen-bond donors (Lipinski definition) is 1. The summed E-state index contributed by atoms with van der Waals surface area (Å²) in [5, 5.41) is 7.06. The van der Waals surface area contributed by atoms with E-state index in [4.69, 9.17) is 0 Å². The van der Waals surface area contributed by atoms with E-state index in [0.717, 1.165) is 17.7 Å². The lowest BCUT2D eigenvalue weighted by Gasteiger charge is -2.17. The predicted molar refractivity (Wildman–Crippen MR) is 112 cm³/mol. The number of rotatable bonds is 9.